The molecule has 140 valence electrons. The van der Waals surface area contributed by atoms with Crippen LogP contribution in [0.15, 0.2) is 42.9 Å². The molecule has 0 radical (unpaired) electrons. The first-order valence-electron chi connectivity index (χ1n) is 9.85. The second-order valence-electron chi connectivity index (χ2n) is 7.78. The Balaban J connectivity index is 1.56. The molecule has 27 heavy (non-hydrogen) atoms. The molecular weight excluding hydrogens is 338 g/mol. The molecule has 5 rings (SSSR count). The normalized spacial score (nSPS) is 22.3. The Hall–Kier alpha value is -2.24. The van der Waals surface area contributed by atoms with Crippen molar-refractivity contribution >= 4 is 10.9 Å². The van der Waals surface area contributed by atoms with Gasteiger partial charge in [-0.3, -0.25) is 4.98 Å². The first kappa shape index (κ1) is 16.9. The van der Waals surface area contributed by atoms with Gasteiger partial charge in [0, 0.05) is 55.4 Å². The fourth-order valence-corrected chi connectivity index (χ4v) is 4.69. The fourth-order valence-electron chi connectivity index (χ4n) is 4.69. The van der Waals surface area contributed by atoms with Crippen molar-refractivity contribution in [1.29, 1.82) is 0 Å². The highest BCUT2D eigenvalue weighted by Crippen LogP contribution is 2.41. The van der Waals surface area contributed by atoms with Crippen LogP contribution < -0.4 is 0 Å². The Morgan fingerprint density at radius 2 is 1.96 bits per heavy atom. The van der Waals surface area contributed by atoms with Crippen molar-refractivity contribution in [3.05, 3.63) is 48.4 Å². The lowest BCUT2D eigenvalue weighted by atomic mass is 9.84. The van der Waals surface area contributed by atoms with E-state index in [1.54, 1.807) is 0 Å². The smallest absolute Gasteiger partial charge is 0.141 e. The number of nitrogens with zero attached hydrogens (tertiary/aromatic N) is 3. The van der Waals surface area contributed by atoms with E-state index in [4.69, 9.17) is 14.5 Å². The highest BCUT2D eigenvalue weighted by atomic mass is 16.5. The summed E-state index contributed by atoms with van der Waals surface area (Å²) < 4.78 is 14.2. The van der Waals surface area contributed by atoms with Gasteiger partial charge in [-0.15, -0.1) is 0 Å². The molecule has 2 aliphatic rings. The average Bonchev–Trinajstić information content (AvgIpc) is 3.18. The molecule has 0 amide bonds. The van der Waals surface area contributed by atoms with Gasteiger partial charge < -0.3 is 14.0 Å². The monoisotopic (exact) mass is 363 g/mol. The van der Waals surface area contributed by atoms with Crippen molar-refractivity contribution in [3.63, 3.8) is 0 Å². The van der Waals surface area contributed by atoms with E-state index in [-0.39, 0.29) is 5.60 Å². The van der Waals surface area contributed by atoms with Gasteiger partial charge >= 0.3 is 0 Å². The number of aryl methyl sites for hydroxylation is 1. The summed E-state index contributed by atoms with van der Waals surface area (Å²) in [5, 5.41) is 1.16. The summed E-state index contributed by atoms with van der Waals surface area (Å²) in [6, 6.07) is 8.79. The summed E-state index contributed by atoms with van der Waals surface area (Å²) in [5.41, 5.74) is 3.41. The summed E-state index contributed by atoms with van der Waals surface area (Å²) in [7, 11) is 0. The number of benzene rings is 1. The number of pyridine rings is 1. The summed E-state index contributed by atoms with van der Waals surface area (Å²) in [4.78, 5) is 9.31. The largest absolute Gasteiger partial charge is 0.381 e. The summed E-state index contributed by atoms with van der Waals surface area (Å²) >= 11 is 0. The molecule has 2 aromatic heterocycles. The highest BCUT2D eigenvalue weighted by Gasteiger charge is 2.40. The van der Waals surface area contributed by atoms with E-state index < -0.39 is 0 Å². The Labute approximate surface area is 159 Å². The predicted molar refractivity (Wildman–Crippen MR) is 105 cm³/mol. The molecule has 2 aliphatic heterocycles. The van der Waals surface area contributed by atoms with Crippen LogP contribution in [-0.2, 0) is 9.47 Å². The van der Waals surface area contributed by atoms with Crippen molar-refractivity contribution in [3.8, 4) is 11.4 Å². The lowest BCUT2D eigenvalue weighted by Gasteiger charge is -2.43. The number of imidazole rings is 1. The Morgan fingerprint density at radius 3 is 2.85 bits per heavy atom. The number of ether oxygens (including phenoxy) is 2. The van der Waals surface area contributed by atoms with E-state index in [1.807, 2.05) is 18.5 Å². The molecule has 1 spiro atoms. The zero-order valence-corrected chi connectivity index (χ0v) is 15.7. The number of hydrogen-bond acceptors (Lipinski definition) is 4. The quantitative estimate of drug-likeness (QED) is 0.681. The van der Waals surface area contributed by atoms with Crippen molar-refractivity contribution in [1.82, 2.24) is 14.5 Å². The molecule has 2 fully saturated rings. The molecule has 3 aromatic rings. The molecule has 5 nitrogen and oxygen atoms in total. The molecular formula is C22H25N3O2. The van der Waals surface area contributed by atoms with Crippen LogP contribution in [0.25, 0.3) is 22.3 Å². The van der Waals surface area contributed by atoms with Crippen LogP contribution >= 0.6 is 0 Å². The second-order valence-corrected chi connectivity index (χ2v) is 7.78. The molecule has 0 bridgehead atoms. The maximum Gasteiger partial charge on any atom is 0.141 e. The minimum Gasteiger partial charge on any atom is -0.381 e. The molecule has 4 heterocycles. The third-order valence-corrected chi connectivity index (χ3v) is 6.15. The summed E-state index contributed by atoms with van der Waals surface area (Å²) in [6.07, 6.45) is 9.94. The van der Waals surface area contributed by atoms with Crippen molar-refractivity contribution in [2.24, 2.45) is 0 Å². The predicted octanol–water partition coefficient (Wildman–Crippen LogP) is 4.31. The van der Waals surface area contributed by atoms with Crippen LogP contribution in [0.1, 0.15) is 37.3 Å². The van der Waals surface area contributed by atoms with Gasteiger partial charge in [0.15, 0.2) is 0 Å². The van der Waals surface area contributed by atoms with Gasteiger partial charge in [0.25, 0.3) is 0 Å². The second kappa shape index (κ2) is 6.73. The van der Waals surface area contributed by atoms with Crippen LogP contribution in [0.2, 0.25) is 0 Å². The lowest BCUT2D eigenvalue weighted by molar-refractivity contribution is -0.144. The SMILES string of the molecule is Cc1ccc2ncccc2c1-c1nccn1C1CCOC2(CCOCC2)C1. The first-order chi connectivity index (χ1) is 13.3. The van der Waals surface area contributed by atoms with Crippen molar-refractivity contribution in [2.75, 3.05) is 19.8 Å². The first-order valence-corrected chi connectivity index (χ1v) is 9.85. The maximum absolute atomic E-state index is 6.25. The number of fused-ring (bicyclic) bond motifs is 1. The van der Waals surface area contributed by atoms with Crippen LogP contribution in [0.5, 0.6) is 0 Å². The molecule has 1 unspecified atom stereocenters. The van der Waals surface area contributed by atoms with Gasteiger partial charge in [-0.05, 0) is 50.3 Å². The van der Waals surface area contributed by atoms with Gasteiger partial charge in [-0.2, -0.15) is 0 Å². The zero-order chi connectivity index (χ0) is 18.3. The van der Waals surface area contributed by atoms with Crippen LogP contribution in [0, 0.1) is 6.92 Å². The van der Waals surface area contributed by atoms with E-state index in [9.17, 15) is 0 Å². The number of aromatic nitrogens is 3. The standard InChI is InChI=1S/C22H25N3O2/c1-16-4-5-19-18(3-2-9-23-19)20(16)21-24-10-11-25(21)17-6-12-27-22(15-17)7-13-26-14-8-22/h2-5,9-11,17H,6-8,12-15H2,1H3. The van der Waals surface area contributed by atoms with Crippen LogP contribution in [-0.4, -0.2) is 40.0 Å². The van der Waals surface area contributed by atoms with Gasteiger partial charge in [-0.25, -0.2) is 4.98 Å². The Bertz CT molecular complexity index is 954. The zero-order valence-electron chi connectivity index (χ0n) is 15.7. The molecule has 5 heteroatoms. The van der Waals surface area contributed by atoms with Crippen LogP contribution in [0.3, 0.4) is 0 Å². The minimum atomic E-state index is -0.0297. The molecule has 2 saturated heterocycles. The van der Waals surface area contributed by atoms with Crippen molar-refractivity contribution in [2.45, 2.75) is 44.2 Å². The molecule has 0 aliphatic carbocycles. The molecule has 0 N–H and O–H groups in total. The number of rotatable bonds is 2. The maximum atomic E-state index is 6.25. The van der Waals surface area contributed by atoms with E-state index in [1.165, 1.54) is 11.1 Å². The highest BCUT2D eigenvalue weighted by molar-refractivity contribution is 5.94. The topological polar surface area (TPSA) is 49.2 Å². The number of hydrogen-bond donors (Lipinski definition) is 0. The third kappa shape index (κ3) is 2.95. The summed E-state index contributed by atoms with van der Waals surface area (Å²) in [5.74, 6) is 1.04. The fraction of sp³-hybridized carbons (Fsp3) is 0.455. The van der Waals surface area contributed by atoms with E-state index in [0.717, 1.165) is 62.2 Å². The van der Waals surface area contributed by atoms with Crippen LogP contribution in [0.4, 0.5) is 0 Å². The lowest BCUT2D eigenvalue weighted by Crippen LogP contribution is -2.44. The molecule has 0 saturated carbocycles. The minimum absolute atomic E-state index is 0.0297. The summed E-state index contributed by atoms with van der Waals surface area (Å²) in [6.45, 7) is 4.57. The third-order valence-electron chi connectivity index (χ3n) is 6.15. The average molecular weight is 363 g/mol. The van der Waals surface area contributed by atoms with Gasteiger partial charge in [0.2, 0.25) is 0 Å². The Kier molecular flexibility index (Phi) is 4.21. The Morgan fingerprint density at radius 1 is 1.07 bits per heavy atom. The molecule has 1 aromatic carbocycles. The van der Waals surface area contributed by atoms with E-state index >= 15 is 0 Å². The van der Waals surface area contributed by atoms with Gasteiger partial charge in [0.1, 0.15) is 5.82 Å². The molecule has 1 atom stereocenters. The van der Waals surface area contributed by atoms with Crippen molar-refractivity contribution < 1.29 is 9.47 Å². The van der Waals surface area contributed by atoms with E-state index in [0.29, 0.717) is 6.04 Å². The van der Waals surface area contributed by atoms with E-state index in [2.05, 4.69) is 40.9 Å². The van der Waals surface area contributed by atoms with Gasteiger partial charge in [-0.1, -0.05) is 12.1 Å². The van der Waals surface area contributed by atoms with Gasteiger partial charge in [0.05, 0.1) is 11.1 Å².